The van der Waals surface area contributed by atoms with E-state index in [4.69, 9.17) is 14.7 Å². The summed E-state index contributed by atoms with van der Waals surface area (Å²) in [5, 5.41) is 11.5. The lowest BCUT2D eigenvalue weighted by molar-refractivity contribution is -0.110. The second-order valence-corrected chi connectivity index (χ2v) is 5.14. The van der Waals surface area contributed by atoms with Gasteiger partial charge in [0, 0.05) is 16.8 Å². The molecule has 1 heterocycles. The van der Waals surface area contributed by atoms with Crippen LogP contribution in [0.15, 0.2) is 42.5 Å². The Morgan fingerprint density at radius 2 is 2.00 bits per heavy atom. The number of amides is 1. The Hall–Kier alpha value is -3.26. The van der Waals surface area contributed by atoms with E-state index in [9.17, 15) is 4.79 Å². The Kier molecular flexibility index (Phi) is 4.48. The van der Waals surface area contributed by atoms with Gasteiger partial charge in [-0.05, 0) is 36.8 Å². The van der Waals surface area contributed by atoms with Gasteiger partial charge >= 0.3 is 0 Å². The number of nitrogens with zero attached hydrogens (tertiary/aromatic N) is 1. The van der Waals surface area contributed by atoms with E-state index < -0.39 is 0 Å². The predicted octanol–water partition coefficient (Wildman–Crippen LogP) is 3.48. The lowest BCUT2D eigenvalue weighted by Crippen LogP contribution is -2.03. The van der Waals surface area contributed by atoms with E-state index in [1.165, 1.54) is 0 Å². The van der Waals surface area contributed by atoms with E-state index in [0.717, 1.165) is 16.8 Å². The molecule has 1 aliphatic rings. The molecular weight excluding hydrogens is 304 g/mol. The normalized spacial score (nSPS) is 14.0. The van der Waals surface area contributed by atoms with Crippen LogP contribution in [0.25, 0.3) is 11.6 Å². The molecule has 0 unspecified atom stereocenters. The van der Waals surface area contributed by atoms with Crippen molar-refractivity contribution in [3.8, 4) is 17.6 Å². The number of nitrogens with one attached hydrogen (secondary N) is 1. The van der Waals surface area contributed by atoms with Gasteiger partial charge in [-0.15, -0.1) is 0 Å². The molecule has 3 rings (SSSR count). The van der Waals surface area contributed by atoms with Gasteiger partial charge in [-0.2, -0.15) is 5.26 Å². The average molecular weight is 320 g/mol. The SMILES string of the molecule is CCOc1cc(C=C2C(=O)Nc3ccccc32)ccc1OCC#N. The number of anilines is 1. The number of ether oxygens (including phenoxy) is 2. The predicted molar refractivity (Wildman–Crippen MR) is 91.7 cm³/mol. The molecule has 0 saturated heterocycles. The Morgan fingerprint density at radius 3 is 2.79 bits per heavy atom. The lowest BCUT2D eigenvalue weighted by Gasteiger charge is -2.11. The second kappa shape index (κ2) is 6.88. The Balaban J connectivity index is 1.97. The van der Waals surface area contributed by atoms with E-state index in [-0.39, 0.29) is 12.5 Å². The van der Waals surface area contributed by atoms with Crippen molar-refractivity contribution < 1.29 is 14.3 Å². The largest absolute Gasteiger partial charge is 0.490 e. The summed E-state index contributed by atoms with van der Waals surface area (Å²) in [7, 11) is 0. The first-order chi connectivity index (χ1) is 11.7. The van der Waals surface area contributed by atoms with Crippen LogP contribution in [-0.4, -0.2) is 19.1 Å². The Bertz CT molecular complexity index is 850. The van der Waals surface area contributed by atoms with Crippen LogP contribution in [0, 0.1) is 11.3 Å². The van der Waals surface area contributed by atoms with Crippen molar-refractivity contribution in [3.63, 3.8) is 0 Å². The summed E-state index contributed by atoms with van der Waals surface area (Å²) in [5.41, 5.74) is 3.13. The fraction of sp³-hybridized carbons (Fsp3) is 0.158. The molecular formula is C19H16N2O3. The highest BCUT2D eigenvalue weighted by Crippen LogP contribution is 2.34. The highest BCUT2D eigenvalue weighted by Gasteiger charge is 2.23. The Labute approximate surface area is 140 Å². The molecule has 2 aromatic carbocycles. The van der Waals surface area contributed by atoms with E-state index in [2.05, 4.69) is 5.32 Å². The van der Waals surface area contributed by atoms with Gasteiger partial charge in [-0.1, -0.05) is 24.3 Å². The first-order valence-electron chi connectivity index (χ1n) is 7.62. The molecule has 1 N–H and O–H groups in total. The summed E-state index contributed by atoms with van der Waals surface area (Å²) in [6.07, 6.45) is 1.82. The lowest BCUT2D eigenvalue weighted by atomic mass is 10.0. The Morgan fingerprint density at radius 1 is 1.17 bits per heavy atom. The van der Waals surface area contributed by atoms with Crippen molar-refractivity contribution >= 4 is 23.2 Å². The van der Waals surface area contributed by atoms with Crippen molar-refractivity contribution in [2.45, 2.75) is 6.92 Å². The fourth-order valence-corrected chi connectivity index (χ4v) is 2.56. The van der Waals surface area contributed by atoms with E-state index in [1.54, 1.807) is 12.1 Å². The molecule has 0 spiro atoms. The van der Waals surface area contributed by atoms with Crippen LogP contribution in [0.4, 0.5) is 5.69 Å². The smallest absolute Gasteiger partial charge is 0.256 e. The molecule has 0 bridgehead atoms. The molecule has 120 valence electrons. The molecule has 0 aromatic heterocycles. The number of hydrogen-bond donors (Lipinski definition) is 1. The van der Waals surface area contributed by atoms with Crippen molar-refractivity contribution in [1.82, 2.24) is 0 Å². The summed E-state index contributed by atoms with van der Waals surface area (Å²) >= 11 is 0. The maximum atomic E-state index is 12.2. The van der Waals surface area contributed by atoms with Gasteiger partial charge in [0.15, 0.2) is 18.1 Å². The van der Waals surface area contributed by atoms with Crippen LogP contribution < -0.4 is 14.8 Å². The van der Waals surface area contributed by atoms with Crippen molar-refractivity contribution in [1.29, 1.82) is 5.26 Å². The zero-order valence-corrected chi connectivity index (χ0v) is 13.2. The van der Waals surface area contributed by atoms with Crippen molar-refractivity contribution in [2.75, 3.05) is 18.5 Å². The molecule has 5 heteroatoms. The summed E-state index contributed by atoms with van der Waals surface area (Å²) in [5.74, 6) is 0.935. The molecule has 0 saturated carbocycles. The van der Waals surface area contributed by atoms with E-state index in [0.29, 0.717) is 23.7 Å². The number of carbonyl (C=O) groups excluding carboxylic acids is 1. The number of nitriles is 1. The number of benzene rings is 2. The summed E-state index contributed by atoms with van der Waals surface area (Å²) < 4.78 is 10.9. The molecule has 5 nitrogen and oxygen atoms in total. The van der Waals surface area contributed by atoms with Crippen LogP contribution in [0.2, 0.25) is 0 Å². The quantitative estimate of drug-likeness (QED) is 0.856. The van der Waals surface area contributed by atoms with Gasteiger partial charge in [0.1, 0.15) is 6.07 Å². The highest BCUT2D eigenvalue weighted by atomic mass is 16.5. The minimum atomic E-state index is -0.126. The molecule has 0 aliphatic carbocycles. The third kappa shape index (κ3) is 3.08. The topological polar surface area (TPSA) is 71.3 Å². The van der Waals surface area contributed by atoms with Gasteiger partial charge < -0.3 is 14.8 Å². The first kappa shape index (κ1) is 15.6. The summed E-state index contributed by atoms with van der Waals surface area (Å²) in [6.45, 7) is 2.31. The monoisotopic (exact) mass is 320 g/mol. The minimum Gasteiger partial charge on any atom is -0.490 e. The van der Waals surface area contributed by atoms with E-state index >= 15 is 0 Å². The minimum absolute atomic E-state index is 0.0453. The fourth-order valence-electron chi connectivity index (χ4n) is 2.56. The van der Waals surface area contributed by atoms with Gasteiger partial charge in [0.25, 0.3) is 5.91 Å². The van der Waals surface area contributed by atoms with Gasteiger partial charge in [0.05, 0.1) is 6.61 Å². The average Bonchev–Trinajstić information content (AvgIpc) is 2.90. The third-order valence-electron chi connectivity index (χ3n) is 3.58. The van der Waals surface area contributed by atoms with Gasteiger partial charge in [-0.25, -0.2) is 0 Å². The molecule has 2 aromatic rings. The molecule has 1 amide bonds. The zero-order valence-electron chi connectivity index (χ0n) is 13.2. The highest BCUT2D eigenvalue weighted by molar-refractivity contribution is 6.34. The summed E-state index contributed by atoms with van der Waals surface area (Å²) in [4.78, 5) is 12.2. The van der Waals surface area contributed by atoms with E-state index in [1.807, 2.05) is 49.4 Å². The third-order valence-corrected chi connectivity index (χ3v) is 3.58. The molecule has 0 fully saturated rings. The summed E-state index contributed by atoms with van der Waals surface area (Å²) in [6, 6.07) is 14.9. The van der Waals surface area contributed by atoms with Crippen molar-refractivity contribution in [2.24, 2.45) is 0 Å². The zero-order chi connectivity index (χ0) is 16.9. The standard InChI is InChI=1S/C19H16N2O3/c1-2-23-18-12-13(7-8-17(18)24-10-9-20)11-15-14-5-3-4-6-16(14)21-19(15)22/h3-8,11-12H,2,10H2,1H3,(H,21,22). The number of rotatable bonds is 5. The van der Waals surface area contributed by atoms with Crippen LogP contribution in [-0.2, 0) is 4.79 Å². The van der Waals surface area contributed by atoms with Crippen LogP contribution in [0.3, 0.4) is 0 Å². The molecule has 1 aliphatic heterocycles. The number of fused-ring (bicyclic) bond motifs is 1. The molecule has 0 radical (unpaired) electrons. The molecule has 24 heavy (non-hydrogen) atoms. The first-order valence-corrected chi connectivity index (χ1v) is 7.62. The van der Waals surface area contributed by atoms with Gasteiger partial charge in [0.2, 0.25) is 0 Å². The van der Waals surface area contributed by atoms with Crippen LogP contribution >= 0.6 is 0 Å². The van der Waals surface area contributed by atoms with Crippen molar-refractivity contribution in [3.05, 3.63) is 53.6 Å². The maximum absolute atomic E-state index is 12.2. The maximum Gasteiger partial charge on any atom is 0.256 e. The van der Waals surface area contributed by atoms with Crippen LogP contribution in [0.1, 0.15) is 18.1 Å². The van der Waals surface area contributed by atoms with Gasteiger partial charge in [-0.3, -0.25) is 4.79 Å². The number of para-hydroxylation sites is 1. The molecule has 0 atom stereocenters. The number of carbonyl (C=O) groups is 1. The second-order valence-electron chi connectivity index (χ2n) is 5.14. The number of hydrogen-bond acceptors (Lipinski definition) is 4. The van der Waals surface area contributed by atoms with Crippen LogP contribution in [0.5, 0.6) is 11.5 Å².